The first-order chi connectivity index (χ1) is 10.0. The molecule has 1 N–H and O–H groups in total. The first-order valence-electron chi connectivity index (χ1n) is 6.18. The fourth-order valence-corrected chi connectivity index (χ4v) is 2.47. The Kier molecular flexibility index (Phi) is 2.73. The van der Waals surface area contributed by atoms with Crippen LogP contribution in [-0.4, -0.2) is 30.4 Å². The number of aryl methyl sites for hydroxylation is 2. The second-order valence-corrected chi connectivity index (χ2v) is 4.61. The number of rotatable bonds is 2. The quantitative estimate of drug-likeness (QED) is 0.770. The Morgan fingerprint density at radius 3 is 2.90 bits per heavy atom. The van der Waals surface area contributed by atoms with Crippen LogP contribution >= 0.6 is 0 Å². The average molecular weight is 281 g/mol. The monoisotopic (exact) mass is 281 g/mol. The van der Waals surface area contributed by atoms with Crippen LogP contribution in [0, 0.1) is 18.3 Å². The molecule has 0 radical (unpaired) electrons. The molecule has 0 fully saturated rings. The fraction of sp³-hybridized carbons (Fsp3) is 0.143. The maximum Gasteiger partial charge on any atom is 0.339 e. The number of nitrogens with zero attached hydrogens (tertiary/aromatic N) is 5. The van der Waals surface area contributed by atoms with Crippen LogP contribution in [0.2, 0.25) is 0 Å². The SMILES string of the molecule is Cc1nn(C)c2ncc(C(=O)O)c(-n3cccc3C#N)c12. The third-order valence-corrected chi connectivity index (χ3v) is 3.33. The van der Waals surface area contributed by atoms with Crippen molar-refractivity contribution in [1.29, 1.82) is 5.26 Å². The summed E-state index contributed by atoms with van der Waals surface area (Å²) in [5.41, 5.74) is 2.04. The van der Waals surface area contributed by atoms with Crippen molar-refractivity contribution in [2.45, 2.75) is 6.92 Å². The molecule has 21 heavy (non-hydrogen) atoms. The molecule has 0 bridgehead atoms. The van der Waals surface area contributed by atoms with Crippen molar-refractivity contribution in [3.63, 3.8) is 0 Å². The minimum atomic E-state index is -1.10. The molecule has 3 rings (SSSR count). The predicted octanol–water partition coefficient (Wildman–Crippen LogP) is 1.64. The van der Waals surface area contributed by atoms with E-state index in [1.54, 1.807) is 41.5 Å². The minimum absolute atomic E-state index is 0.0336. The molecule has 104 valence electrons. The van der Waals surface area contributed by atoms with E-state index in [2.05, 4.69) is 16.2 Å². The van der Waals surface area contributed by atoms with Crippen LogP contribution in [0.4, 0.5) is 0 Å². The highest BCUT2D eigenvalue weighted by Gasteiger charge is 2.21. The molecule has 7 nitrogen and oxygen atoms in total. The zero-order chi connectivity index (χ0) is 15.1. The van der Waals surface area contributed by atoms with Crippen LogP contribution in [-0.2, 0) is 7.05 Å². The topological polar surface area (TPSA) is 96.7 Å². The Morgan fingerprint density at radius 2 is 2.24 bits per heavy atom. The standard InChI is InChI=1S/C14H11N5O2/c1-8-11-12(19-5-3-4-9(19)6-15)10(14(20)21)7-16-13(11)18(2)17-8/h3-5,7H,1-2H3,(H,20,21). The third-order valence-electron chi connectivity index (χ3n) is 3.33. The van der Waals surface area contributed by atoms with E-state index in [0.717, 1.165) is 0 Å². The summed E-state index contributed by atoms with van der Waals surface area (Å²) in [6, 6.07) is 5.38. The first-order valence-corrected chi connectivity index (χ1v) is 6.18. The third kappa shape index (κ3) is 1.77. The van der Waals surface area contributed by atoms with Gasteiger partial charge in [0.2, 0.25) is 0 Å². The van der Waals surface area contributed by atoms with Gasteiger partial charge in [-0.25, -0.2) is 9.78 Å². The Hall–Kier alpha value is -3.14. The summed E-state index contributed by atoms with van der Waals surface area (Å²) in [4.78, 5) is 15.7. The lowest BCUT2D eigenvalue weighted by molar-refractivity contribution is 0.0696. The lowest BCUT2D eigenvalue weighted by Gasteiger charge is -2.10. The van der Waals surface area contributed by atoms with Gasteiger partial charge in [-0.1, -0.05) is 0 Å². The number of hydrogen-bond donors (Lipinski definition) is 1. The van der Waals surface area contributed by atoms with Crippen molar-refractivity contribution < 1.29 is 9.90 Å². The zero-order valence-electron chi connectivity index (χ0n) is 11.4. The zero-order valence-corrected chi connectivity index (χ0v) is 11.4. The molecule has 3 aromatic heterocycles. The van der Waals surface area contributed by atoms with Gasteiger partial charge in [0, 0.05) is 19.4 Å². The maximum absolute atomic E-state index is 11.5. The van der Waals surface area contributed by atoms with Crippen molar-refractivity contribution in [2.24, 2.45) is 7.05 Å². The lowest BCUT2D eigenvalue weighted by Crippen LogP contribution is -2.08. The molecule has 7 heteroatoms. The Balaban J connectivity index is 2.51. The van der Waals surface area contributed by atoms with Crippen molar-refractivity contribution in [3.8, 4) is 11.8 Å². The first kappa shape index (κ1) is 12.9. The minimum Gasteiger partial charge on any atom is -0.478 e. The molecule has 3 heterocycles. The van der Waals surface area contributed by atoms with Gasteiger partial charge >= 0.3 is 5.97 Å². The molecule has 0 aliphatic heterocycles. The van der Waals surface area contributed by atoms with Gasteiger partial charge < -0.3 is 9.67 Å². The van der Waals surface area contributed by atoms with Crippen LogP contribution in [0.15, 0.2) is 24.5 Å². The lowest BCUT2D eigenvalue weighted by atomic mass is 10.1. The van der Waals surface area contributed by atoms with Gasteiger partial charge in [0.25, 0.3) is 0 Å². The molecule has 3 aromatic rings. The number of carbonyl (C=O) groups is 1. The van der Waals surface area contributed by atoms with Gasteiger partial charge in [0.15, 0.2) is 5.65 Å². The normalized spacial score (nSPS) is 10.7. The number of nitriles is 1. The molecule has 0 atom stereocenters. The summed E-state index contributed by atoms with van der Waals surface area (Å²) in [7, 11) is 1.74. The molecular formula is C14H11N5O2. The van der Waals surface area contributed by atoms with Crippen LogP contribution in [0.3, 0.4) is 0 Å². The second-order valence-electron chi connectivity index (χ2n) is 4.61. The van der Waals surface area contributed by atoms with E-state index in [1.165, 1.54) is 6.20 Å². The van der Waals surface area contributed by atoms with Gasteiger partial charge in [-0.2, -0.15) is 10.4 Å². The summed E-state index contributed by atoms with van der Waals surface area (Å²) in [5, 5.41) is 23.5. The van der Waals surface area contributed by atoms with Crippen LogP contribution in [0.25, 0.3) is 16.7 Å². The van der Waals surface area contributed by atoms with Gasteiger partial charge in [-0.05, 0) is 19.1 Å². The Morgan fingerprint density at radius 1 is 1.48 bits per heavy atom. The highest BCUT2D eigenvalue weighted by molar-refractivity contribution is 6.01. The molecule has 0 aliphatic carbocycles. The molecule has 0 amide bonds. The van der Waals surface area contributed by atoms with Gasteiger partial charge in [-0.3, -0.25) is 4.68 Å². The highest BCUT2D eigenvalue weighted by atomic mass is 16.4. The molecule has 0 aromatic carbocycles. The summed E-state index contributed by atoms with van der Waals surface area (Å²) in [6.07, 6.45) is 2.95. The molecular weight excluding hydrogens is 270 g/mol. The summed E-state index contributed by atoms with van der Waals surface area (Å²) >= 11 is 0. The predicted molar refractivity (Wildman–Crippen MR) is 74.2 cm³/mol. The number of hydrogen-bond acceptors (Lipinski definition) is 4. The highest BCUT2D eigenvalue weighted by Crippen LogP contribution is 2.28. The van der Waals surface area contributed by atoms with E-state index in [4.69, 9.17) is 0 Å². The van der Waals surface area contributed by atoms with E-state index >= 15 is 0 Å². The molecule has 0 aliphatic rings. The number of aromatic carboxylic acids is 1. The largest absolute Gasteiger partial charge is 0.478 e. The second kappa shape index (κ2) is 4.45. The number of carboxylic acids is 1. The fourth-order valence-electron chi connectivity index (χ4n) is 2.47. The Labute approximate surface area is 119 Å². The van der Waals surface area contributed by atoms with Gasteiger partial charge in [0.05, 0.1) is 16.8 Å². The molecule has 0 unspecified atom stereocenters. The summed E-state index contributed by atoms with van der Waals surface area (Å²) in [5.74, 6) is -1.10. The van der Waals surface area contributed by atoms with Gasteiger partial charge in [-0.15, -0.1) is 0 Å². The van der Waals surface area contributed by atoms with Crippen molar-refractivity contribution >= 4 is 17.0 Å². The van der Waals surface area contributed by atoms with Crippen molar-refractivity contribution in [3.05, 3.63) is 41.5 Å². The smallest absolute Gasteiger partial charge is 0.339 e. The van der Waals surface area contributed by atoms with E-state index in [9.17, 15) is 15.2 Å². The number of fused-ring (bicyclic) bond motifs is 1. The van der Waals surface area contributed by atoms with E-state index < -0.39 is 5.97 Å². The van der Waals surface area contributed by atoms with E-state index in [0.29, 0.717) is 28.1 Å². The van der Waals surface area contributed by atoms with Crippen LogP contribution < -0.4 is 0 Å². The van der Waals surface area contributed by atoms with E-state index in [1.807, 2.05) is 0 Å². The molecule has 0 spiro atoms. The molecule has 0 saturated heterocycles. The Bertz CT molecular complexity index is 913. The number of carboxylic acid groups (broad SMARTS) is 1. The maximum atomic E-state index is 11.5. The van der Waals surface area contributed by atoms with Gasteiger partial charge in [0.1, 0.15) is 17.3 Å². The van der Waals surface area contributed by atoms with E-state index in [-0.39, 0.29) is 5.56 Å². The number of aromatic nitrogens is 4. The number of pyridine rings is 1. The molecule has 0 saturated carbocycles. The summed E-state index contributed by atoms with van der Waals surface area (Å²) in [6.45, 7) is 1.79. The summed E-state index contributed by atoms with van der Waals surface area (Å²) < 4.78 is 3.15. The van der Waals surface area contributed by atoms with Crippen LogP contribution in [0.5, 0.6) is 0 Å². The van der Waals surface area contributed by atoms with Crippen molar-refractivity contribution in [1.82, 2.24) is 19.3 Å². The van der Waals surface area contributed by atoms with Crippen molar-refractivity contribution in [2.75, 3.05) is 0 Å². The van der Waals surface area contributed by atoms with Crippen LogP contribution in [0.1, 0.15) is 21.7 Å². The average Bonchev–Trinajstić information content (AvgIpc) is 3.03.